The first-order chi connectivity index (χ1) is 14.9. The Morgan fingerprint density at radius 1 is 1.19 bits per heavy atom. The van der Waals surface area contributed by atoms with E-state index >= 15 is 0 Å². The van der Waals surface area contributed by atoms with Crippen LogP contribution in [-0.2, 0) is 6.42 Å². The smallest absolute Gasteiger partial charge is 0.327 e. The first-order valence-electron chi connectivity index (χ1n) is 9.16. The van der Waals surface area contributed by atoms with Crippen LogP contribution in [-0.4, -0.2) is 43.7 Å². The molecule has 1 amide bonds. The highest BCUT2D eigenvalue weighted by molar-refractivity contribution is 7.16. The zero-order valence-electron chi connectivity index (χ0n) is 17.4. The zero-order valence-corrected chi connectivity index (χ0v) is 19.0. The van der Waals surface area contributed by atoms with Gasteiger partial charge in [0.25, 0.3) is 5.91 Å². The fourth-order valence-corrected chi connectivity index (χ4v) is 4.67. The van der Waals surface area contributed by atoms with Crippen LogP contribution >= 0.6 is 22.7 Å². The highest BCUT2D eigenvalue weighted by atomic mass is 32.1. The van der Waals surface area contributed by atoms with Crippen molar-refractivity contribution < 1.29 is 23.9 Å². The van der Waals surface area contributed by atoms with Gasteiger partial charge < -0.3 is 19.5 Å². The predicted octanol–water partition coefficient (Wildman–Crippen LogP) is 4.09. The molecule has 0 aliphatic carbocycles. The molecule has 2 heterocycles. The number of nitrogens with zero attached hydrogens (tertiary/aromatic N) is 2. The van der Waals surface area contributed by atoms with Crippen molar-refractivity contribution in [3.05, 3.63) is 49.1 Å². The van der Waals surface area contributed by atoms with E-state index in [0.717, 1.165) is 20.5 Å². The quantitative estimate of drug-likeness (QED) is 0.376. The van der Waals surface area contributed by atoms with Crippen molar-refractivity contribution in [2.45, 2.75) is 13.3 Å². The van der Waals surface area contributed by atoms with Crippen LogP contribution in [0.15, 0.2) is 23.6 Å². The second-order valence-electron chi connectivity index (χ2n) is 6.32. The van der Waals surface area contributed by atoms with Crippen LogP contribution in [0.1, 0.15) is 20.2 Å². The zero-order chi connectivity index (χ0) is 22.5. The number of nitro groups is 1. The molecule has 1 N–H and O–H groups in total. The Kier molecular flexibility index (Phi) is 7.08. The Morgan fingerprint density at radius 2 is 1.94 bits per heavy atom. The molecule has 9 nitrogen and oxygen atoms in total. The van der Waals surface area contributed by atoms with Crippen molar-refractivity contribution in [2.24, 2.45) is 0 Å². The number of methoxy groups -OCH3 is 3. The third kappa shape index (κ3) is 4.78. The number of nitro benzene ring substituents is 1. The maximum atomic E-state index is 12.8. The number of hydrogen-bond acceptors (Lipinski definition) is 9. The van der Waals surface area contributed by atoms with Gasteiger partial charge in [0.05, 0.1) is 41.8 Å². The van der Waals surface area contributed by atoms with Gasteiger partial charge in [-0.1, -0.05) is 0 Å². The fraction of sp³-hybridized carbons (Fsp3) is 0.300. The topological polar surface area (TPSA) is 113 Å². The minimum Gasteiger partial charge on any atom is -0.493 e. The van der Waals surface area contributed by atoms with Crippen LogP contribution in [0.5, 0.6) is 17.2 Å². The molecule has 3 rings (SSSR count). The lowest BCUT2D eigenvalue weighted by atomic mass is 10.1. The molecule has 0 aliphatic heterocycles. The average Bonchev–Trinajstić information content (AvgIpc) is 3.40. The Bertz CT molecular complexity index is 1110. The molecular formula is C20H21N3O6S2. The Labute approximate surface area is 186 Å². The number of hydrogen-bond donors (Lipinski definition) is 1. The minimum atomic E-state index is -0.670. The molecule has 0 unspecified atom stereocenters. The Hall–Kier alpha value is -3.18. The van der Waals surface area contributed by atoms with Gasteiger partial charge in [-0.25, -0.2) is 4.98 Å². The Morgan fingerprint density at radius 3 is 2.52 bits per heavy atom. The van der Waals surface area contributed by atoms with Crippen LogP contribution < -0.4 is 19.5 Å². The van der Waals surface area contributed by atoms with E-state index in [9.17, 15) is 14.9 Å². The number of nitrogens with one attached hydrogen (secondary N) is 1. The number of carbonyl (C=O) groups is 1. The fourth-order valence-electron chi connectivity index (χ4n) is 3.02. The first kappa shape index (κ1) is 22.5. The molecule has 1 aromatic carbocycles. The number of thiazole rings is 1. The van der Waals surface area contributed by atoms with Gasteiger partial charge in [-0.05, 0) is 25.5 Å². The van der Waals surface area contributed by atoms with Gasteiger partial charge in [0, 0.05) is 22.9 Å². The monoisotopic (exact) mass is 463 g/mol. The number of thiophene rings is 1. The highest BCUT2D eigenvalue weighted by Crippen LogP contribution is 2.46. The maximum absolute atomic E-state index is 12.8. The highest BCUT2D eigenvalue weighted by Gasteiger charge is 2.32. The van der Waals surface area contributed by atoms with E-state index in [1.165, 1.54) is 27.4 Å². The number of aryl methyl sites for hydroxylation is 1. The molecule has 0 saturated carbocycles. The second kappa shape index (κ2) is 9.75. The lowest BCUT2D eigenvalue weighted by molar-refractivity contribution is -0.386. The summed E-state index contributed by atoms with van der Waals surface area (Å²) in [5.41, 5.74) is 0.301. The predicted molar refractivity (Wildman–Crippen MR) is 119 cm³/mol. The molecule has 3 aromatic rings. The molecule has 11 heteroatoms. The first-order valence-corrected chi connectivity index (χ1v) is 10.9. The number of aromatic nitrogens is 1. The summed E-state index contributed by atoms with van der Waals surface area (Å²) in [6, 6.07) is 5.27. The van der Waals surface area contributed by atoms with Crippen molar-refractivity contribution in [1.29, 1.82) is 0 Å². The number of benzene rings is 1. The van der Waals surface area contributed by atoms with Crippen molar-refractivity contribution in [3.63, 3.8) is 0 Å². The SMILES string of the molecule is COc1cc(C(=O)NCCc2ccc(-c3csc(C)n3)s2)c([N+](=O)[O-])c(OC)c1OC. The van der Waals surface area contributed by atoms with Gasteiger partial charge in [0.1, 0.15) is 5.56 Å². The number of carbonyl (C=O) groups excluding carboxylic acids is 1. The largest absolute Gasteiger partial charge is 0.493 e. The van der Waals surface area contributed by atoms with Crippen LogP contribution in [0.4, 0.5) is 5.69 Å². The number of ether oxygens (including phenoxy) is 3. The third-order valence-electron chi connectivity index (χ3n) is 4.42. The van der Waals surface area contributed by atoms with Crippen LogP contribution in [0.2, 0.25) is 0 Å². The maximum Gasteiger partial charge on any atom is 0.327 e. The molecule has 0 radical (unpaired) electrons. The van der Waals surface area contributed by atoms with Crippen LogP contribution in [0, 0.1) is 17.0 Å². The number of rotatable bonds is 9. The van der Waals surface area contributed by atoms with Crippen molar-refractivity contribution >= 4 is 34.3 Å². The Balaban J connectivity index is 1.76. The molecule has 0 atom stereocenters. The summed E-state index contributed by atoms with van der Waals surface area (Å²) in [7, 11) is 3.99. The van der Waals surface area contributed by atoms with Gasteiger partial charge in [0.15, 0.2) is 5.75 Å². The third-order valence-corrected chi connectivity index (χ3v) is 6.36. The summed E-state index contributed by atoms with van der Waals surface area (Å²) in [5.74, 6) is -0.551. The molecule has 0 fully saturated rings. The molecule has 0 spiro atoms. The standard InChI is InChI=1S/C20H21N3O6S2/c1-11-22-14(10-30-11)16-6-5-12(31-16)7-8-21-20(24)13-9-15(27-2)18(28-3)19(29-4)17(13)23(25)26/h5-6,9-10H,7-8H2,1-4H3,(H,21,24). The minimum absolute atomic E-state index is 0.0524. The van der Waals surface area contributed by atoms with Gasteiger partial charge in [-0.15, -0.1) is 22.7 Å². The lowest BCUT2D eigenvalue weighted by Gasteiger charge is -2.14. The average molecular weight is 464 g/mol. The molecular weight excluding hydrogens is 442 g/mol. The van der Waals surface area contributed by atoms with Crippen LogP contribution in [0.3, 0.4) is 0 Å². The van der Waals surface area contributed by atoms with E-state index in [1.54, 1.807) is 22.7 Å². The van der Waals surface area contributed by atoms with Crippen molar-refractivity contribution in [3.8, 4) is 27.8 Å². The van der Waals surface area contributed by atoms with Crippen molar-refractivity contribution in [1.82, 2.24) is 10.3 Å². The van der Waals surface area contributed by atoms with E-state index in [-0.39, 0.29) is 22.8 Å². The lowest BCUT2D eigenvalue weighted by Crippen LogP contribution is -2.26. The number of amides is 1. The molecule has 164 valence electrons. The summed E-state index contributed by atoms with van der Waals surface area (Å²) in [5, 5.41) is 17.4. The van der Waals surface area contributed by atoms with E-state index < -0.39 is 16.5 Å². The molecule has 0 saturated heterocycles. The van der Waals surface area contributed by atoms with E-state index in [2.05, 4.69) is 10.3 Å². The molecule has 2 aromatic heterocycles. The molecule has 0 aliphatic rings. The van der Waals surface area contributed by atoms with Gasteiger partial charge >= 0.3 is 5.69 Å². The van der Waals surface area contributed by atoms with Gasteiger partial charge in [-0.2, -0.15) is 0 Å². The summed E-state index contributed by atoms with van der Waals surface area (Å²) in [6.45, 7) is 2.27. The van der Waals surface area contributed by atoms with E-state index in [4.69, 9.17) is 14.2 Å². The summed E-state index contributed by atoms with van der Waals surface area (Å²) in [6.07, 6.45) is 0.581. The van der Waals surface area contributed by atoms with Gasteiger partial charge in [-0.3, -0.25) is 14.9 Å². The molecule has 0 bridgehead atoms. The normalized spacial score (nSPS) is 10.6. The molecule has 31 heavy (non-hydrogen) atoms. The van der Waals surface area contributed by atoms with Gasteiger partial charge in [0.2, 0.25) is 11.5 Å². The summed E-state index contributed by atoms with van der Waals surface area (Å²) in [4.78, 5) is 30.3. The summed E-state index contributed by atoms with van der Waals surface area (Å²) >= 11 is 3.19. The second-order valence-corrected chi connectivity index (χ2v) is 8.55. The van der Waals surface area contributed by atoms with Crippen molar-refractivity contribution in [2.75, 3.05) is 27.9 Å². The van der Waals surface area contributed by atoms with Crippen LogP contribution in [0.25, 0.3) is 10.6 Å². The van der Waals surface area contributed by atoms with E-state index in [1.807, 2.05) is 24.4 Å². The summed E-state index contributed by atoms with van der Waals surface area (Å²) < 4.78 is 15.5. The van der Waals surface area contributed by atoms with E-state index in [0.29, 0.717) is 13.0 Å².